The lowest BCUT2D eigenvalue weighted by Crippen LogP contribution is -2.38. The van der Waals surface area contributed by atoms with Crippen molar-refractivity contribution in [3.05, 3.63) is 76.3 Å². The Labute approximate surface area is 194 Å². The first kappa shape index (κ1) is 22.7. The second kappa shape index (κ2) is 9.57. The van der Waals surface area contributed by atoms with Gasteiger partial charge in [-0.1, -0.05) is 24.3 Å². The Balaban J connectivity index is 1.42. The monoisotopic (exact) mass is 461 g/mol. The average molecular weight is 461 g/mol. The fraction of sp³-hybridized carbons (Fsp3) is 0.208. The van der Waals surface area contributed by atoms with Gasteiger partial charge in [0.2, 0.25) is 11.7 Å². The molecule has 2 aromatic heterocycles. The highest BCUT2D eigenvalue weighted by atomic mass is 16.5. The number of nitrogens with one attached hydrogen (secondary N) is 1. The lowest BCUT2D eigenvalue weighted by Gasteiger charge is -2.12. The van der Waals surface area contributed by atoms with Crippen molar-refractivity contribution in [2.24, 2.45) is 7.05 Å². The lowest BCUT2D eigenvalue weighted by molar-refractivity contribution is -0.148. The zero-order valence-electron chi connectivity index (χ0n) is 18.9. The highest BCUT2D eigenvalue weighted by molar-refractivity contribution is 5.94. The van der Waals surface area contributed by atoms with E-state index in [1.165, 1.54) is 17.6 Å². The number of aromatic nitrogens is 4. The number of aryl methyl sites for hydroxylation is 1. The van der Waals surface area contributed by atoms with E-state index in [0.717, 1.165) is 5.56 Å². The van der Waals surface area contributed by atoms with Crippen molar-refractivity contribution in [1.29, 1.82) is 0 Å². The van der Waals surface area contributed by atoms with E-state index in [-0.39, 0.29) is 12.2 Å². The molecule has 0 aliphatic rings. The predicted octanol–water partition coefficient (Wildman–Crippen LogP) is 1.85. The van der Waals surface area contributed by atoms with Gasteiger partial charge in [-0.25, -0.2) is 4.79 Å². The van der Waals surface area contributed by atoms with Crippen molar-refractivity contribution < 1.29 is 19.1 Å². The first-order valence-electron chi connectivity index (χ1n) is 10.5. The van der Waals surface area contributed by atoms with Gasteiger partial charge in [0.1, 0.15) is 11.8 Å². The fourth-order valence-electron chi connectivity index (χ4n) is 3.45. The van der Waals surface area contributed by atoms with E-state index < -0.39 is 17.9 Å². The summed E-state index contributed by atoms with van der Waals surface area (Å²) in [6.07, 6.45) is 2.97. The van der Waals surface area contributed by atoms with Crippen molar-refractivity contribution >= 4 is 34.6 Å². The van der Waals surface area contributed by atoms with Crippen LogP contribution in [0, 0.1) is 0 Å². The number of methoxy groups -OCH3 is 1. The summed E-state index contributed by atoms with van der Waals surface area (Å²) in [6.45, 7) is 1.35. The molecule has 0 unspecified atom stereocenters. The molecule has 10 heteroatoms. The Hall–Kier alpha value is -4.47. The van der Waals surface area contributed by atoms with Crippen LogP contribution in [0.25, 0.3) is 22.8 Å². The number of rotatable bonds is 7. The number of carbonyl (C=O) groups excluding carboxylic acids is 2. The van der Waals surface area contributed by atoms with Gasteiger partial charge in [0.25, 0.3) is 5.56 Å². The van der Waals surface area contributed by atoms with E-state index in [1.807, 2.05) is 12.1 Å². The van der Waals surface area contributed by atoms with E-state index >= 15 is 0 Å². The SMILES string of the molecule is COc1ccc(/C=C/C(=O)N[C@@H](C)C(=O)OCc2nnc3n(C)c(=O)c4ccccc4n23)cc1. The van der Waals surface area contributed by atoms with E-state index in [4.69, 9.17) is 9.47 Å². The van der Waals surface area contributed by atoms with Crippen LogP contribution in [-0.4, -0.2) is 44.2 Å². The Morgan fingerprint density at radius 1 is 1.12 bits per heavy atom. The Kier molecular flexibility index (Phi) is 6.39. The fourth-order valence-corrected chi connectivity index (χ4v) is 3.45. The summed E-state index contributed by atoms with van der Waals surface area (Å²) in [4.78, 5) is 37.2. The summed E-state index contributed by atoms with van der Waals surface area (Å²) >= 11 is 0. The molecule has 0 aliphatic carbocycles. The third-order valence-electron chi connectivity index (χ3n) is 5.29. The Bertz CT molecular complexity index is 1450. The van der Waals surface area contributed by atoms with Crippen LogP contribution in [0.4, 0.5) is 0 Å². The van der Waals surface area contributed by atoms with Crippen LogP contribution < -0.4 is 15.6 Å². The molecule has 4 rings (SSSR count). The number of hydrogen-bond donors (Lipinski definition) is 1. The zero-order valence-corrected chi connectivity index (χ0v) is 18.9. The van der Waals surface area contributed by atoms with Crippen molar-refractivity contribution in [3.63, 3.8) is 0 Å². The van der Waals surface area contributed by atoms with Crippen molar-refractivity contribution in [2.75, 3.05) is 7.11 Å². The molecule has 0 radical (unpaired) electrons. The third kappa shape index (κ3) is 4.51. The van der Waals surface area contributed by atoms with Crippen LogP contribution in [0.15, 0.2) is 59.4 Å². The van der Waals surface area contributed by atoms with Gasteiger partial charge < -0.3 is 14.8 Å². The number of hydrogen-bond acceptors (Lipinski definition) is 7. The van der Waals surface area contributed by atoms with Crippen LogP contribution in [0.2, 0.25) is 0 Å². The molecular weight excluding hydrogens is 438 g/mol. The molecule has 0 spiro atoms. The minimum absolute atomic E-state index is 0.176. The van der Waals surface area contributed by atoms with Gasteiger partial charge in [-0.3, -0.25) is 18.6 Å². The van der Waals surface area contributed by atoms with Gasteiger partial charge in [0, 0.05) is 13.1 Å². The number of carbonyl (C=O) groups is 2. The maximum atomic E-state index is 12.5. The molecule has 4 aromatic rings. The van der Waals surface area contributed by atoms with Crippen molar-refractivity contribution in [1.82, 2.24) is 24.5 Å². The highest BCUT2D eigenvalue weighted by Crippen LogP contribution is 2.15. The maximum absolute atomic E-state index is 12.5. The van der Waals surface area contributed by atoms with Gasteiger partial charge in [-0.15, -0.1) is 10.2 Å². The molecule has 1 atom stereocenters. The minimum Gasteiger partial charge on any atom is -0.497 e. The minimum atomic E-state index is -0.881. The van der Waals surface area contributed by atoms with Crippen LogP contribution in [-0.2, 0) is 28.0 Å². The third-order valence-corrected chi connectivity index (χ3v) is 5.29. The van der Waals surface area contributed by atoms with Crippen molar-refractivity contribution in [3.8, 4) is 5.75 Å². The first-order chi connectivity index (χ1) is 16.4. The van der Waals surface area contributed by atoms with Crippen molar-refractivity contribution in [2.45, 2.75) is 19.6 Å². The first-order valence-corrected chi connectivity index (χ1v) is 10.5. The number of para-hydroxylation sites is 1. The summed E-state index contributed by atoms with van der Waals surface area (Å²) < 4.78 is 13.5. The molecule has 2 aromatic carbocycles. The molecule has 34 heavy (non-hydrogen) atoms. The second-order valence-electron chi connectivity index (χ2n) is 7.58. The standard InChI is InChI=1S/C24H23N5O5/c1-15(25-21(30)13-10-16-8-11-17(33-3)12-9-16)23(32)34-14-20-26-27-24-28(2)22(31)18-6-4-5-7-19(18)29(20)24/h4-13,15H,14H2,1-3H3,(H,25,30)/b13-10+/t15-/m0/s1. The Morgan fingerprint density at radius 2 is 1.85 bits per heavy atom. The maximum Gasteiger partial charge on any atom is 0.328 e. The lowest BCUT2D eigenvalue weighted by atomic mass is 10.2. The van der Waals surface area contributed by atoms with Gasteiger partial charge in [0.15, 0.2) is 12.4 Å². The zero-order chi connectivity index (χ0) is 24.2. The van der Waals surface area contributed by atoms with Gasteiger partial charge >= 0.3 is 5.97 Å². The number of ether oxygens (including phenoxy) is 2. The van der Waals surface area contributed by atoms with Crippen LogP contribution >= 0.6 is 0 Å². The van der Waals surface area contributed by atoms with E-state index in [0.29, 0.717) is 28.3 Å². The van der Waals surface area contributed by atoms with Gasteiger partial charge in [-0.05, 0) is 42.8 Å². The summed E-state index contributed by atoms with van der Waals surface area (Å²) in [5.41, 5.74) is 1.23. The number of nitrogens with zero attached hydrogens (tertiary/aromatic N) is 4. The summed E-state index contributed by atoms with van der Waals surface area (Å²) in [5.74, 6) is 0.341. The van der Waals surface area contributed by atoms with Crippen LogP contribution in [0.3, 0.4) is 0 Å². The molecule has 10 nitrogen and oxygen atoms in total. The van der Waals surface area contributed by atoms with Gasteiger partial charge in [0.05, 0.1) is 18.0 Å². The normalized spacial score (nSPS) is 12.2. The molecule has 2 heterocycles. The number of fused-ring (bicyclic) bond motifs is 3. The summed E-state index contributed by atoms with van der Waals surface area (Å²) in [7, 11) is 3.18. The summed E-state index contributed by atoms with van der Waals surface area (Å²) in [5, 5.41) is 11.2. The molecule has 0 fully saturated rings. The quantitative estimate of drug-likeness (QED) is 0.330. The van der Waals surface area contributed by atoms with Gasteiger partial charge in [-0.2, -0.15) is 0 Å². The molecule has 0 saturated carbocycles. The number of benzene rings is 2. The highest BCUT2D eigenvalue weighted by Gasteiger charge is 2.19. The molecular formula is C24H23N5O5. The molecule has 174 valence electrons. The largest absolute Gasteiger partial charge is 0.497 e. The molecule has 0 bridgehead atoms. The van der Waals surface area contributed by atoms with E-state index in [9.17, 15) is 14.4 Å². The molecule has 1 amide bonds. The predicted molar refractivity (Wildman–Crippen MR) is 125 cm³/mol. The second-order valence-corrected chi connectivity index (χ2v) is 7.58. The molecule has 0 aliphatic heterocycles. The average Bonchev–Trinajstić information content (AvgIpc) is 3.29. The van der Waals surface area contributed by atoms with E-state index in [2.05, 4.69) is 15.5 Å². The number of esters is 1. The smallest absolute Gasteiger partial charge is 0.328 e. The van der Waals surface area contributed by atoms with Crippen LogP contribution in [0.5, 0.6) is 5.75 Å². The van der Waals surface area contributed by atoms with Crippen LogP contribution in [0.1, 0.15) is 18.3 Å². The molecule has 0 saturated heterocycles. The topological polar surface area (TPSA) is 117 Å². The summed E-state index contributed by atoms with van der Waals surface area (Å²) in [6, 6.07) is 13.4. The Morgan fingerprint density at radius 3 is 2.59 bits per heavy atom. The molecule has 1 N–H and O–H groups in total. The number of amides is 1. The van der Waals surface area contributed by atoms with E-state index in [1.54, 1.807) is 61.0 Å².